The molecular formula is C13H22ClN5O2. The summed E-state index contributed by atoms with van der Waals surface area (Å²) < 4.78 is 0. The normalized spacial score (nSPS) is 21.3. The number of amides is 1. The first kappa shape index (κ1) is 17.6. The highest BCUT2D eigenvalue weighted by Gasteiger charge is 2.25. The van der Waals surface area contributed by atoms with E-state index >= 15 is 0 Å². The molecule has 1 fully saturated rings. The van der Waals surface area contributed by atoms with E-state index in [2.05, 4.69) is 20.6 Å². The van der Waals surface area contributed by atoms with Crippen molar-refractivity contribution in [2.75, 3.05) is 32.1 Å². The van der Waals surface area contributed by atoms with Gasteiger partial charge in [0.1, 0.15) is 0 Å². The number of hydrogen-bond donors (Lipinski definition) is 3. The third-order valence-electron chi connectivity index (χ3n) is 3.38. The van der Waals surface area contributed by atoms with Gasteiger partial charge in [0, 0.05) is 26.8 Å². The van der Waals surface area contributed by atoms with Crippen molar-refractivity contribution in [3.05, 3.63) is 17.5 Å². The van der Waals surface area contributed by atoms with Gasteiger partial charge in [-0.25, -0.2) is 9.97 Å². The van der Waals surface area contributed by atoms with Crippen molar-refractivity contribution < 1.29 is 9.90 Å². The van der Waals surface area contributed by atoms with Crippen LogP contribution in [0.2, 0.25) is 0 Å². The lowest BCUT2D eigenvalue weighted by Crippen LogP contribution is -2.52. The number of rotatable bonds is 3. The number of aliphatic hydroxyl groups is 1. The van der Waals surface area contributed by atoms with Crippen molar-refractivity contribution in [3.8, 4) is 0 Å². The molecule has 2 atom stereocenters. The van der Waals surface area contributed by atoms with Crippen molar-refractivity contribution in [2.45, 2.75) is 25.5 Å². The zero-order valence-corrected chi connectivity index (χ0v) is 13.3. The topological polar surface area (TPSA) is 90.4 Å². The average molecular weight is 316 g/mol. The second kappa shape index (κ2) is 7.53. The summed E-state index contributed by atoms with van der Waals surface area (Å²) in [5.41, 5.74) is 1.07. The van der Waals surface area contributed by atoms with Gasteiger partial charge in [0.2, 0.25) is 5.95 Å². The second-order valence-electron chi connectivity index (χ2n) is 5.20. The predicted molar refractivity (Wildman–Crippen MR) is 83.1 cm³/mol. The minimum atomic E-state index is -0.560. The average Bonchev–Trinajstić information content (AvgIpc) is 2.41. The summed E-state index contributed by atoms with van der Waals surface area (Å²) in [6.07, 6.45) is 1.68. The van der Waals surface area contributed by atoms with Gasteiger partial charge in [0.05, 0.1) is 23.4 Å². The standard InChI is InChI=1S/C13H21N5O2.ClH/c1-8-9(6-15-13(16-8)18(2)3)12(20)17-10-4-5-14-7-11(10)19;/h6,10-11,14,19H,4-5,7H2,1-3H3,(H,17,20);1H/t10-,11-;/m1./s1. The number of aliphatic hydroxyl groups excluding tert-OH is 1. The number of anilines is 1. The Morgan fingerprint density at radius 2 is 2.24 bits per heavy atom. The van der Waals surface area contributed by atoms with Crippen LogP contribution in [0.1, 0.15) is 22.5 Å². The number of nitrogens with one attached hydrogen (secondary N) is 2. The van der Waals surface area contributed by atoms with Crippen LogP contribution >= 0.6 is 12.4 Å². The summed E-state index contributed by atoms with van der Waals surface area (Å²) >= 11 is 0. The van der Waals surface area contributed by atoms with E-state index in [0.29, 0.717) is 30.2 Å². The van der Waals surface area contributed by atoms with Crippen molar-refractivity contribution in [1.29, 1.82) is 0 Å². The lowest BCUT2D eigenvalue weighted by Gasteiger charge is -2.29. The molecule has 0 saturated carbocycles. The highest BCUT2D eigenvalue weighted by Crippen LogP contribution is 2.11. The third-order valence-corrected chi connectivity index (χ3v) is 3.38. The Morgan fingerprint density at radius 1 is 1.52 bits per heavy atom. The quantitative estimate of drug-likeness (QED) is 0.711. The van der Waals surface area contributed by atoms with Crippen LogP contribution in [-0.4, -0.2) is 60.3 Å². The Bertz CT molecular complexity index is 497. The van der Waals surface area contributed by atoms with Gasteiger partial charge in [-0.3, -0.25) is 4.79 Å². The van der Waals surface area contributed by atoms with Crippen molar-refractivity contribution in [1.82, 2.24) is 20.6 Å². The van der Waals surface area contributed by atoms with E-state index in [-0.39, 0.29) is 24.4 Å². The fraction of sp³-hybridized carbons (Fsp3) is 0.615. The lowest BCUT2D eigenvalue weighted by molar-refractivity contribution is 0.0764. The Morgan fingerprint density at radius 3 is 2.81 bits per heavy atom. The van der Waals surface area contributed by atoms with Crippen LogP contribution in [0, 0.1) is 6.92 Å². The molecule has 2 rings (SSSR count). The maximum Gasteiger partial charge on any atom is 0.255 e. The monoisotopic (exact) mass is 315 g/mol. The van der Waals surface area contributed by atoms with Gasteiger partial charge >= 0.3 is 0 Å². The molecule has 0 aromatic carbocycles. The Labute approximate surface area is 130 Å². The molecular weight excluding hydrogens is 294 g/mol. The van der Waals surface area contributed by atoms with Crippen molar-refractivity contribution in [3.63, 3.8) is 0 Å². The summed E-state index contributed by atoms with van der Waals surface area (Å²) in [7, 11) is 3.69. The largest absolute Gasteiger partial charge is 0.390 e. The summed E-state index contributed by atoms with van der Waals surface area (Å²) in [5.74, 6) is 0.333. The Balaban J connectivity index is 0.00000220. The molecule has 8 heteroatoms. The summed E-state index contributed by atoms with van der Waals surface area (Å²) in [6, 6.07) is -0.225. The van der Waals surface area contributed by atoms with Gasteiger partial charge in [-0.05, 0) is 19.9 Å². The molecule has 0 aliphatic carbocycles. The van der Waals surface area contributed by atoms with Gasteiger partial charge in [-0.1, -0.05) is 0 Å². The number of piperidine rings is 1. The molecule has 21 heavy (non-hydrogen) atoms. The molecule has 1 aromatic rings. The fourth-order valence-corrected chi connectivity index (χ4v) is 2.15. The van der Waals surface area contributed by atoms with E-state index in [4.69, 9.17) is 0 Å². The first-order valence-electron chi connectivity index (χ1n) is 6.69. The highest BCUT2D eigenvalue weighted by atomic mass is 35.5. The van der Waals surface area contributed by atoms with Crippen LogP contribution in [0.5, 0.6) is 0 Å². The molecule has 1 amide bonds. The van der Waals surface area contributed by atoms with E-state index in [1.807, 2.05) is 14.1 Å². The zero-order valence-electron chi connectivity index (χ0n) is 12.5. The van der Waals surface area contributed by atoms with E-state index < -0.39 is 6.10 Å². The van der Waals surface area contributed by atoms with Gasteiger partial charge in [0.15, 0.2) is 0 Å². The van der Waals surface area contributed by atoms with Crippen LogP contribution in [-0.2, 0) is 0 Å². The summed E-state index contributed by atoms with van der Waals surface area (Å²) in [4.78, 5) is 22.4. The molecule has 118 valence electrons. The molecule has 3 N–H and O–H groups in total. The van der Waals surface area contributed by atoms with Gasteiger partial charge in [-0.15, -0.1) is 12.4 Å². The summed E-state index contributed by atoms with van der Waals surface area (Å²) in [6.45, 7) is 3.07. The molecule has 1 saturated heterocycles. The minimum absolute atomic E-state index is 0. The molecule has 7 nitrogen and oxygen atoms in total. The minimum Gasteiger partial charge on any atom is -0.390 e. The number of carbonyl (C=O) groups is 1. The van der Waals surface area contributed by atoms with E-state index in [9.17, 15) is 9.90 Å². The maximum atomic E-state index is 12.2. The van der Waals surface area contributed by atoms with E-state index in [1.165, 1.54) is 6.20 Å². The first-order chi connectivity index (χ1) is 9.49. The SMILES string of the molecule is Cc1nc(N(C)C)ncc1C(=O)N[C@@H]1CCNC[C@H]1O.Cl. The van der Waals surface area contributed by atoms with E-state index in [0.717, 1.165) is 6.54 Å². The number of carbonyl (C=O) groups excluding carboxylic acids is 1. The highest BCUT2D eigenvalue weighted by molar-refractivity contribution is 5.95. The van der Waals surface area contributed by atoms with Crippen LogP contribution in [0.25, 0.3) is 0 Å². The maximum absolute atomic E-state index is 12.2. The summed E-state index contributed by atoms with van der Waals surface area (Å²) in [5, 5.41) is 15.8. The number of β-amino-alcohol motifs (C(OH)–C–C–N with tert-alkyl or cyclic N) is 1. The molecule has 1 aliphatic heterocycles. The van der Waals surface area contributed by atoms with Crippen molar-refractivity contribution >= 4 is 24.3 Å². The fourth-order valence-electron chi connectivity index (χ4n) is 2.15. The molecule has 0 spiro atoms. The van der Waals surface area contributed by atoms with Crippen LogP contribution in [0.15, 0.2) is 6.20 Å². The Hall–Kier alpha value is -1.44. The van der Waals surface area contributed by atoms with Gasteiger partial charge < -0.3 is 20.6 Å². The number of halogens is 1. The molecule has 2 heterocycles. The molecule has 0 radical (unpaired) electrons. The molecule has 1 aliphatic rings. The zero-order chi connectivity index (χ0) is 14.7. The predicted octanol–water partition coefficient (Wildman–Crippen LogP) is -0.275. The lowest BCUT2D eigenvalue weighted by atomic mass is 10.0. The number of aromatic nitrogens is 2. The number of hydrogen-bond acceptors (Lipinski definition) is 6. The van der Waals surface area contributed by atoms with Crippen LogP contribution in [0.4, 0.5) is 5.95 Å². The smallest absolute Gasteiger partial charge is 0.255 e. The van der Waals surface area contributed by atoms with Gasteiger partial charge in [0.25, 0.3) is 5.91 Å². The molecule has 0 unspecified atom stereocenters. The third kappa shape index (κ3) is 4.26. The molecule has 1 aromatic heterocycles. The number of nitrogens with zero attached hydrogens (tertiary/aromatic N) is 3. The second-order valence-corrected chi connectivity index (χ2v) is 5.20. The number of aryl methyl sites for hydroxylation is 1. The first-order valence-corrected chi connectivity index (χ1v) is 6.69. The van der Waals surface area contributed by atoms with Gasteiger partial charge in [-0.2, -0.15) is 0 Å². The van der Waals surface area contributed by atoms with Crippen LogP contribution < -0.4 is 15.5 Å². The Kier molecular flexibility index (Phi) is 6.32. The van der Waals surface area contributed by atoms with Crippen molar-refractivity contribution in [2.24, 2.45) is 0 Å². The van der Waals surface area contributed by atoms with E-state index in [1.54, 1.807) is 11.8 Å². The van der Waals surface area contributed by atoms with Crippen LogP contribution in [0.3, 0.4) is 0 Å². The molecule has 0 bridgehead atoms.